The zero-order valence-corrected chi connectivity index (χ0v) is 18.9. The average molecular weight is 444 g/mol. The first-order chi connectivity index (χ1) is 15.2. The fraction of sp³-hybridized carbons (Fsp3) is 0.435. The highest BCUT2D eigenvalue weighted by molar-refractivity contribution is 5.80. The number of halogens is 1. The van der Waals surface area contributed by atoms with Crippen LogP contribution >= 0.6 is 0 Å². The lowest BCUT2D eigenvalue weighted by atomic mass is 10.2. The van der Waals surface area contributed by atoms with Gasteiger partial charge in [-0.25, -0.2) is 14.2 Å². The van der Waals surface area contributed by atoms with E-state index in [1.807, 2.05) is 32.9 Å². The van der Waals surface area contributed by atoms with Crippen LogP contribution in [0.4, 0.5) is 9.18 Å². The number of hydrogen-bond acceptors (Lipinski definition) is 5. The van der Waals surface area contributed by atoms with Crippen molar-refractivity contribution in [3.63, 3.8) is 0 Å². The zero-order valence-electron chi connectivity index (χ0n) is 18.9. The number of ether oxygens (including phenoxy) is 2. The van der Waals surface area contributed by atoms with Crippen LogP contribution in [0.2, 0.25) is 0 Å². The second-order valence-electron chi connectivity index (χ2n) is 8.54. The molecule has 0 radical (unpaired) electrons. The van der Waals surface area contributed by atoms with Gasteiger partial charge < -0.3 is 25.0 Å². The summed E-state index contributed by atoms with van der Waals surface area (Å²) in [6, 6.07) is 9.49. The molecule has 1 unspecified atom stereocenters. The third kappa shape index (κ3) is 7.11. The van der Waals surface area contributed by atoms with Gasteiger partial charge in [0.15, 0.2) is 5.96 Å². The molecule has 1 atom stereocenters. The molecule has 9 heteroatoms. The summed E-state index contributed by atoms with van der Waals surface area (Å²) in [5.41, 5.74) is 0.435. The molecule has 2 heterocycles. The van der Waals surface area contributed by atoms with Crippen molar-refractivity contribution < 1.29 is 18.7 Å². The Bertz CT molecular complexity index is 943. The highest BCUT2D eigenvalue weighted by Gasteiger charge is 2.27. The summed E-state index contributed by atoms with van der Waals surface area (Å²) in [5.74, 6) is 1.37. The number of carbonyl (C=O) groups is 1. The predicted molar refractivity (Wildman–Crippen MR) is 120 cm³/mol. The molecular weight excluding hydrogens is 413 g/mol. The van der Waals surface area contributed by atoms with Crippen molar-refractivity contribution in [3.05, 3.63) is 54.0 Å². The van der Waals surface area contributed by atoms with Gasteiger partial charge in [0.1, 0.15) is 17.2 Å². The summed E-state index contributed by atoms with van der Waals surface area (Å²) < 4.78 is 24.1. The Labute approximate surface area is 187 Å². The number of hydrogen-bond donors (Lipinski definition) is 2. The monoisotopic (exact) mass is 443 g/mol. The molecule has 0 saturated carbocycles. The molecule has 3 rings (SSSR count). The maximum Gasteiger partial charge on any atom is 0.407 e. The Hall–Kier alpha value is -3.36. The van der Waals surface area contributed by atoms with Gasteiger partial charge in [-0.1, -0.05) is 0 Å². The van der Waals surface area contributed by atoms with Gasteiger partial charge in [0.2, 0.25) is 5.88 Å². The fourth-order valence-electron chi connectivity index (χ4n) is 3.30. The number of amides is 1. The normalized spacial score (nSPS) is 16.6. The molecular formula is C23H30FN5O3. The number of carbonyl (C=O) groups excluding carboxylic acids is 1. The van der Waals surface area contributed by atoms with Crippen molar-refractivity contribution in [1.82, 2.24) is 20.5 Å². The Morgan fingerprint density at radius 2 is 2.03 bits per heavy atom. The summed E-state index contributed by atoms with van der Waals surface area (Å²) in [6.07, 6.45) is 2.07. The van der Waals surface area contributed by atoms with Gasteiger partial charge in [-0.2, -0.15) is 0 Å². The number of guanidine groups is 1. The van der Waals surface area contributed by atoms with E-state index >= 15 is 0 Å². The smallest absolute Gasteiger partial charge is 0.407 e. The van der Waals surface area contributed by atoms with Crippen molar-refractivity contribution in [3.8, 4) is 11.6 Å². The molecule has 1 amide bonds. The van der Waals surface area contributed by atoms with Crippen molar-refractivity contribution in [2.45, 2.75) is 45.4 Å². The van der Waals surface area contributed by atoms with E-state index in [9.17, 15) is 9.18 Å². The molecule has 1 aliphatic heterocycles. The van der Waals surface area contributed by atoms with E-state index < -0.39 is 11.7 Å². The van der Waals surface area contributed by atoms with E-state index in [0.717, 1.165) is 24.5 Å². The summed E-state index contributed by atoms with van der Waals surface area (Å²) >= 11 is 0. The van der Waals surface area contributed by atoms with Gasteiger partial charge in [0, 0.05) is 38.9 Å². The van der Waals surface area contributed by atoms with Gasteiger partial charge in [-0.05, 0) is 63.1 Å². The van der Waals surface area contributed by atoms with Crippen LogP contribution in [0.5, 0.6) is 11.6 Å². The minimum Gasteiger partial charge on any atom is -0.444 e. The molecule has 1 aromatic carbocycles. The van der Waals surface area contributed by atoms with Crippen LogP contribution in [-0.4, -0.2) is 53.7 Å². The van der Waals surface area contributed by atoms with Gasteiger partial charge in [-0.15, -0.1) is 0 Å². The highest BCUT2D eigenvalue weighted by atomic mass is 19.1. The summed E-state index contributed by atoms with van der Waals surface area (Å²) in [7, 11) is 1.73. The Kier molecular flexibility index (Phi) is 7.50. The van der Waals surface area contributed by atoms with Crippen molar-refractivity contribution in [2.24, 2.45) is 4.99 Å². The minimum absolute atomic E-state index is 0.0000343. The topological polar surface area (TPSA) is 88.1 Å². The molecule has 0 bridgehead atoms. The predicted octanol–water partition coefficient (Wildman–Crippen LogP) is 3.69. The number of rotatable bonds is 5. The molecule has 32 heavy (non-hydrogen) atoms. The average Bonchev–Trinajstić information content (AvgIpc) is 3.17. The van der Waals surface area contributed by atoms with Crippen molar-refractivity contribution in [1.29, 1.82) is 0 Å². The van der Waals surface area contributed by atoms with Crippen LogP contribution in [0.25, 0.3) is 0 Å². The van der Waals surface area contributed by atoms with Crippen LogP contribution in [0, 0.1) is 5.82 Å². The molecule has 2 N–H and O–H groups in total. The SMILES string of the molecule is CN=C(NCc1ccnc(Oc2ccc(F)cc2)c1)N1CCC(NC(=O)OC(C)(C)C)C1. The second-order valence-corrected chi connectivity index (χ2v) is 8.54. The number of nitrogens with one attached hydrogen (secondary N) is 2. The molecule has 1 aliphatic rings. The lowest BCUT2D eigenvalue weighted by molar-refractivity contribution is 0.0507. The molecule has 172 valence electrons. The number of aliphatic imine (C=N–C) groups is 1. The van der Waals surface area contributed by atoms with Gasteiger partial charge >= 0.3 is 6.09 Å². The Morgan fingerprint density at radius 1 is 1.28 bits per heavy atom. The first kappa shape index (κ1) is 23.3. The third-order valence-electron chi connectivity index (χ3n) is 4.71. The van der Waals surface area contributed by atoms with Gasteiger partial charge in [0.25, 0.3) is 0 Å². The van der Waals surface area contributed by atoms with E-state index in [-0.39, 0.29) is 11.9 Å². The van der Waals surface area contributed by atoms with E-state index in [1.54, 1.807) is 25.4 Å². The number of benzene rings is 1. The fourth-order valence-corrected chi connectivity index (χ4v) is 3.30. The van der Waals surface area contributed by atoms with Crippen LogP contribution in [0.1, 0.15) is 32.8 Å². The number of likely N-dealkylation sites (tertiary alicyclic amines) is 1. The molecule has 1 saturated heterocycles. The molecule has 1 aromatic heterocycles. The van der Waals surface area contributed by atoms with Crippen molar-refractivity contribution >= 4 is 12.1 Å². The first-order valence-electron chi connectivity index (χ1n) is 10.6. The Balaban J connectivity index is 1.51. The molecule has 1 fully saturated rings. The zero-order chi connectivity index (χ0) is 23.1. The summed E-state index contributed by atoms with van der Waals surface area (Å²) in [5, 5.41) is 6.26. The largest absolute Gasteiger partial charge is 0.444 e. The Morgan fingerprint density at radius 3 is 2.72 bits per heavy atom. The van der Waals surface area contributed by atoms with E-state index in [2.05, 4.69) is 25.5 Å². The quantitative estimate of drug-likeness (QED) is 0.541. The highest BCUT2D eigenvalue weighted by Crippen LogP contribution is 2.20. The lowest BCUT2D eigenvalue weighted by Gasteiger charge is -2.23. The standard InChI is InChI=1S/C23H30FN5O3/c1-23(2,3)32-22(30)28-18-10-12-29(15-18)21(25-4)27-14-16-9-11-26-20(13-16)31-19-7-5-17(24)6-8-19/h5-9,11,13,18H,10,12,14-15H2,1-4H3,(H,25,27)(H,28,30). The van der Waals surface area contributed by atoms with Gasteiger partial charge in [0.05, 0.1) is 6.04 Å². The number of aromatic nitrogens is 1. The summed E-state index contributed by atoms with van der Waals surface area (Å²) in [4.78, 5) is 22.7. The molecule has 8 nitrogen and oxygen atoms in total. The van der Waals surface area contributed by atoms with Gasteiger partial charge in [-0.3, -0.25) is 4.99 Å². The van der Waals surface area contributed by atoms with Crippen LogP contribution in [-0.2, 0) is 11.3 Å². The molecule has 0 spiro atoms. The van der Waals surface area contributed by atoms with Crippen molar-refractivity contribution in [2.75, 3.05) is 20.1 Å². The minimum atomic E-state index is -0.524. The first-order valence-corrected chi connectivity index (χ1v) is 10.6. The second kappa shape index (κ2) is 10.3. The lowest BCUT2D eigenvalue weighted by Crippen LogP contribution is -2.44. The maximum atomic E-state index is 13.1. The third-order valence-corrected chi connectivity index (χ3v) is 4.71. The number of nitrogens with zero attached hydrogens (tertiary/aromatic N) is 3. The molecule has 0 aliphatic carbocycles. The van der Waals surface area contributed by atoms with Crippen LogP contribution in [0.3, 0.4) is 0 Å². The number of alkyl carbamates (subject to hydrolysis) is 1. The van der Waals surface area contributed by atoms with E-state index in [0.29, 0.717) is 24.7 Å². The number of pyridine rings is 1. The maximum absolute atomic E-state index is 13.1. The van der Waals surface area contributed by atoms with E-state index in [4.69, 9.17) is 9.47 Å². The summed E-state index contributed by atoms with van der Waals surface area (Å²) in [6.45, 7) is 7.47. The van der Waals surface area contributed by atoms with Crippen LogP contribution in [0.15, 0.2) is 47.6 Å². The van der Waals surface area contributed by atoms with E-state index in [1.165, 1.54) is 12.1 Å². The molecule has 2 aromatic rings. The van der Waals surface area contributed by atoms with Crippen LogP contribution < -0.4 is 15.4 Å².